The zero-order valence-electron chi connectivity index (χ0n) is 8.54. The van der Waals surface area contributed by atoms with Gasteiger partial charge < -0.3 is 5.73 Å². The molecule has 4 unspecified atom stereocenters. The van der Waals surface area contributed by atoms with Gasteiger partial charge in [-0.05, 0) is 42.8 Å². The van der Waals surface area contributed by atoms with Crippen LogP contribution in [-0.4, -0.2) is 17.5 Å². The summed E-state index contributed by atoms with van der Waals surface area (Å²) in [5.74, 6) is 4.60. The molecule has 2 saturated carbocycles. The lowest BCUT2D eigenvalue weighted by Crippen LogP contribution is -2.18. The van der Waals surface area contributed by atoms with Crippen molar-refractivity contribution in [3.63, 3.8) is 0 Å². The van der Waals surface area contributed by atoms with Gasteiger partial charge in [-0.1, -0.05) is 13.3 Å². The third-order valence-corrected chi connectivity index (χ3v) is 5.19. The third-order valence-electron chi connectivity index (χ3n) is 3.81. The molecule has 4 atom stereocenters. The van der Waals surface area contributed by atoms with Gasteiger partial charge in [0.1, 0.15) is 0 Å². The SMILES string of the molecule is CC(CN)SCC1CC2CCC1C2. The highest BCUT2D eigenvalue weighted by Gasteiger charge is 2.39. The Bertz CT molecular complexity index is 171. The Labute approximate surface area is 85.8 Å². The van der Waals surface area contributed by atoms with E-state index >= 15 is 0 Å². The summed E-state index contributed by atoms with van der Waals surface area (Å²) in [5.41, 5.74) is 5.61. The van der Waals surface area contributed by atoms with Gasteiger partial charge >= 0.3 is 0 Å². The van der Waals surface area contributed by atoms with Crippen LogP contribution in [0.25, 0.3) is 0 Å². The number of hydrogen-bond donors (Lipinski definition) is 1. The molecule has 1 nitrogen and oxygen atoms in total. The lowest BCUT2D eigenvalue weighted by atomic mass is 9.90. The Kier molecular flexibility index (Phi) is 3.20. The molecular weight excluding hydrogens is 178 g/mol. The summed E-state index contributed by atoms with van der Waals surface area (Å²) in [6.45, 7) is 3.09. The molecule has 0 aliphatic heterocycles. The molecular formula is C11H21NS. The fraction of sp³-hybridized carbons (Fsp3) is 1.00. The topological polar surface area (TPSA) is 26.0 Å². The molecule has 0 spiro atoms. The normalized spacial score (nSPS) is 39.7. The van der Waals surface area contributed by atoms with Crippen LogP contribution in [0.5, 0.6) is 0 Å². The third kappa shape index (κ3) is 2.21. The average Bonchev–Trinajstić information content (AvgIpc) is 2.74. The van der Waals surface area contributed by atoms with Crippen molar-refractivity contribution in [2.75, 3.05) is 12.3 Å². The standard InChI is InChI=1S/C11H21NS/c1-8(6-12)13-7-11-5-9-2-3-10(11)4-9/h8-11H,2-7,12H2,1H3. The maximum absolute atomic E-state index is 5.61. The van der Waals surface area contributed by atoms with Gasteiger partial charge in [-0.3, -0.25) is 0 Å². The lowest BCUT2D eigenvalue weighted by molar-refractivity contribution is 0.365. The van der Waals surface area contributed by atoms with Crippen molar-refractivity contribution < 1.29 is 0 Å². The zero-order valence-corrected chi connectivity index (χ0v) is 9.35. The number of hydrogen-bond acceptors (Lipinski definition) is 2. The Morgan fingerprint density at radius 3 is 2.77 bits per heavy atom. The van der Waals surface area contributed by atoms with Crippen LogP contribution in [0.15, 0.2) is 0 Å². The zero-order chi connectivity index (χ0) is 9.26. The highest BCUT2D eigenvalue weighted by atomic mass is 32.2. The molecule has 0 aromatic rings. The van der Waals surface area contributed by atoms with Crippen molar-refractivity contribution >= 4 is 11.8 Å². The summed E-state index contributed by atoms with van der Waals surface area (Å²) in [7, 11) is 0. The van der Waals surface area contributed by atoms with Gasteiger partial charge in [-0.2, -0.15) is 11.8 Å². The molecule has 0 heterocycles. The Hall–Kier alpha value is 0.310. The van der Waals surface area contributed by atoms with Crippen LogP contribution >= 0.6 is 11.8 Å². The molecule has 2 N–H and O–H groups in total. The molecule has 0 radical (unpaired) electrons. The van der Waals surface area contributed by atoms with Crippen LogP contribution in [0.1, 0.15) is 32.6 Å². The first-order chi connectivity index (χ1) is 6.29. The molecule has 2 fully saturated rings. The fourth-order valence-electron chi connectivity index (χ4n) is 2.94. The highest BCUT2D eigenvalue weighted by molar-refractivity contribution is 7.99. The fourth-order valence-corrected chi connectivity index (χ4v) is 4.06. The predicted octanol–water partition coefficient (Wildman–Crippen LogP) is 2.50. The number of nitrogens with two attached hydrogens (primary N) is 1. The molecule has 2 rings (SSSR count). The largest absolute Gasteiger partial charge is 0.329 e. The minimum absolute atomic E-state index is 0.666. The van der Waals surface area contributed by atoms with Crippen molar-refractivity contribution in [2.45, 2.75) is 37.9 Å². The van der Waals surface area contributed by atoms with Crippen molar-refractivity contribution in [1.82, 2.24) is 0 Å². The van der Waals surface area contributed by atoms with E-state index in [4.69, 9.17) is 5.73 Å². The monoisotopic (exact) mass is 199 g/mol. The van der Waals surface area contributed by atoms with Gasteiger partial charge in [-0.15, -0.1) is 0 Å². The maximum Gasteiger partial charge on any atom is 0.0142 e. The molecule has 2 heteroatoms. The quantitative estimate of drug-likeness (QED) is 0.753. The van der Waals surface area contributed by atoms with Gasteiger partial charge in [0, 0.05) is 11.8 Å². The maximum atomic E-state index is 5.61. The molecule has 76 valence electrons. The van der Waals surface area contributed by atoms with Gasteiger partial charge in [-0.25, -0.2) is 0 Å². The first-order valence-electron chi connectivity index (χ1n) is 5.61. The molecule has 2 bridgehead atoms. The van der Waals surface area contributed by atoms with E-state index in [-0.39, 0.29) is 0 Å². The van der Waals surface area contributed by atoms with Gasteiger partial charge in [0.2, 0.25) is 0 Å². The molecule has 0 aromatic heterocycles. The number of thioether (sulfide) groups is 1. The molecule has 13 heavy (non-hydrogen) atoms. The van der Waals surface area contributed by atoms with E-state index in [9.17, 15) is 0 Å². The molecule has 0 aromatic carbocycles. The summed E-state index contributed by atoms with van der Waals surface area (Å²) in [6.07, 6.45) is 6.11. The summed E-state index contributed by atoms with van der Waals surface area (Å²) in [6, 6.07) is 0. The van der Waals surface area contributed by atoms with E-state index in [1.807, 2.05) is 0 Å². The second-order valence-corrected chi connectivity index (χ2v) is 6.29. The van der Waals surface area contributed by atoms with Crippen molar-refractivity contribution in [3.8, 4) is 0 Å². The predicted molar refractivity (Wildman–Crippen MR) is 59.9 cm³/mol. The smallest absolute Gasteiger partial charge is 0.0142 e. The van der Waals surface area contributed by atoms with Crippen LogP contribution < -0.4 is 5.73 Å². The molecule has 0 saturated heterocycles. The number of rotatable bonds is 4. The summed E-state index contributed by atoms with van der Waals surface area (Å²) in [4.78, 5) is 0. The van der Waals surface area contributed by atoms with Crippen LogP contribution in [0.3, 0.4) is 0 Å². The Morgan fingerprint density at radius 1 is 1.38 bits per heavy atom. The summed E-state index contributed by atoms with van der Waals surface area (Å²) >= 11 is 2.09. The van der Waals surface area contributed by atoms with Crippen LogP contribution in [-0.2, 0) is 0 Å². The minimum Gasteiger partial charge on any atom is -0.329 e. The molecule has 2 aliphatic carbocycles. The van der Waals surface area contributed by atoms with Gasteiger partial charge in [0.05, 0.1) is 0 Å². The highest BCUT2D eigenvalue weighted by Crippen LogP contribution is 2.49. The lowest BCUT2D eigenvalue weighted by Gasteiger charge is -2.22. The van der Waals surface area contributed by atoms with Crippen molar-refractivity contribution in [3.05, 3.63) is 0 Å². The first kappa shape index (κ1) is 9.85. The second-order valence-electron chi connectivity index (χ2n) is 4.81. The van der Waals surface area contributed by atoms with Gasteiger partial charge in [0.15, 0.2) is 0 Å². The van der Waals surface area contributed by atoms with E-state index in [0.29, 0.717) is 5.25 Å². The van der Waals surface area contributed by atoms with Crippen LogP contribution in [0.4, 0.5) is 0 Å². The average molecular weight is 199 g/mol. The van der Waals surface area contributed by atoms with E-state index < -0.39 is 0 Å². The van der Waals surface area contributed by atoms with Crippen LogP contribution in [0, 0.1) is 17.8 Å². The molecule has 0 amide bonds. The van der Waals surface area contributed by atoms with E-state index in [2.05, 4.69) is 18.7 Å². The Morgan fingerprint density at radius 2 is 2.23 bits per heavy atom. The van der Waals surface area contributed by atoms with E-state index in [1.54, 1.807) is 6.42 Å². The first-order valence-corrected chi connectivity index (χ1v) is 6.66. The van der Waals surface area contributed by atoms with Gasteiger partial charge in [0.25, 0.3) is 0 Å². The second kappa shape index (κ2) is 4.22. The van der Waals surface area contributed by atoms with Crippen molar-refractivity contribution in [2.24, 2.45) is 23.5 Å². The number of fused-ring (bicyclic) bond motifs is 2. The minimum atomic E-state index is 0.666. The summed E-state index contributed by atoms with van der Waals surface area (Å²) in [5, 5.41) is 0.666. The van der Waals surface area contributed by atoms with E-state index in [1.165, 1.54) is 25.0 Å². The van der Waals surface area contributed by atoms with Crippen molar-refractivity contribution in [1.29, 1.82) is 0 Å². The van der Waals surface area contributed by atoms with E-state index in [0.717, 1.165) is 24.3 Å². The van der Waals surface area contributed by atoms with Crippen LogP contribution in [0.2, 0.25) is 0 Å². The summed E-state index contributed by atoms with van der Waals surface area (Å²) < 4.78 is 0. The Balaban J connectivity index is 1.71. The molecule has 2 aliphatic rings.